The first-order valence-electron chi connectivity index (χ1n) is 11.3. The molecule has 1 saturated heterocycles. The predicted octanol–water partition coefficient (Wildman–Crippen LogP) is 3.05. The molecule has 2 aromatic rings. The Morgan fingerprint density at radius 2 is 2.00 bits per heavy atom. The first-order chi connectivity index (χ1) is 15.3. The Kier molecular flexibility index (Phi) is 10.1. The molecule has 1 aliphatic heterocycles. The van der Waals surface area contributed by atoms with E-state index in [4.69, 9.17) is 4.52 Å². The number of hydrogen-bond donors (Lipinski definition) is 1. The lowest BCUT2D eigenvalue weighted by Gasteiger charge is -2.36. The average Bonchev–Trinajstić information content (AvgIpc) is 3.56. The molecule has 32 heavy (non-hydrogen) atoms. The van der Waals surface area contributed by atoms with Crippen LogP contribution in [0, 0.1) is 0 Å². The molecule has 0 atom stereocenters. The van der Waals surface area contributed by atoms with Crippen LogP contribution in [0.2, 0.25) is 0 Å². The van der Waals surface area contributed by atoms with E-state index in [1.807, 2.05) is 13.1 Å². The van der Waals surface area contributed by atoms with Gasteiger partial charge in [0.15, 0.2) is 11.1 Å². The fraction of sp³-hybridized carbons (Fsp3) is 0.714. The number of aromatic nitrogens is 4. The predicted molar refractivity (Wildman–Crippen MR) is 138 cm³/mol. The second-order valence-corrected chi connectivity index (χ2v) is 9.02. The third kappa shape index (κ3) is 6.37. The monoisotopic (exact) mass is 574 g/mol. The van der Waals surface area contributed by atoms with Crippen LogP contribution < -0.4 is 5.32 Å². The topological polar surface area (TPSA) is 87.6 Å². The largest absolute Gasteiger partial charge is 0.364 e. The van der Waals surface area contributed by atoms with Crippen LogP contribution in [-0.2, 0) is 13.0 Å². The molecule has 0 aromatic carbocycles. The SMILES string of the molecule is CN=C(NCCCc1nnc(SC)n1C1CCCC1)N1CCN(Cc2ccon2)CC1.I. The van der Waals surface area contributed by atoms with Gasteiger partial charge in [-0.1, -0.05) is 29.8 Å². The number of aryl methyl sites for hydroxylation is 1. The van der Waals surface area contributed by atoms with Crippen LogP contribution in [-0.4, -0.2) is 81.7 Å². The molecular weight excluding hydrogens is 539 g/mol. The highest BCUT2D eigenvalue weighted by Gasteiger charge is 2.24. The van der Waals surface area contributed by atoms with Gasteiger partial charge in [-0.15, -0.1) is 34.2 Å². The van der Waals surface area contributed by atoms with Crippen molar-refractivity contribution in [1.82, 2.24) is 35.0 Å². The number of guanidine groups is 1. The molecule has 3 heterocycles. The summed E-state index contributed by atoms with van der Waals surface area (Å²) in [7, 11) is 1.87. The zero-order valence-electron chi connectivity index (χ0n) is 19.1. The van der Waals surface area contributed by atoms with Gasteiger partial charge in [0.25, 0.3) is 0 Å². The normalized spacial score (nSPS) is 18.2. The number of thioether (sulfide) groups is 1. The van der Waals surface area contributed by atoms with Crippen molar-refractivity contribution in [3.05, 3.63) is 23.8 Å². The van der Waals surface area contributed by atoms with Crippen LogP contribution in [0.5, 0.6) is 0 Å². The van der Waals surface area contributed by atoms with Crippen LogP contribution in [0.4, 0.5) is 0 Å². The quantitative estimate of drug-likeness (QED) is 0.169. The number of nitrogens with one attached hydrogen (secondary N) is 1. The van der Waals surface area contributed by atoms with Crippen molar-refractivity contribution < 1.29 is 4.52 Å². The maximum atomic E-state index is 4.94. The molecule has 0 unspecified atom stereocenters. The number of nitrogens with zero attached hydrogens (tertiary/aromatic N) is 7. The summed E-state index contributed by atoms with van der Waals surface area (Å²) in [5.74, 6) is 2.12. The van der Waals surface area contributed by atoms with E-state index in [1.165, 1.54) is 25.7 Å². The smallest absolute Gasteiger partial charge is 0.193 e. The van der Waals surface area contributed by atoms with Crippen molar-refractivity contribution in [3.8, 4) is 0 Å². The van der Waals surface area contributed by atoms with Crippen molar-refractivity contribution in [3.63, 3.8) is 0 Å². The minimum Gasteiger partial charge on any atom is -0.364 e. The summed E-state index contributed by atoms with van der Waals surface area (Å²) in [6.07, 6.45) is 10.8. The zero-order valence-corrected chi connectivity index (χ0v) is 22.2. The number of rotatable bonds is 8. The molecule has 4 rings (SSSR count). The first-order valence-corrected chi connectivity index (χ1v) is 12.6. The summed E-state index contributed by atoms with van der Waals surface area (Å²) in [4.78, 5) is 9.25. The Morgan fingerprint density at radius 1 is 1.22 bits per heavy atom. The van der Waals surface area contributed by atoms with Crippen molar-refractivity contribution in [2.24, 2.45) is 4.99 Å². The molecule has 0 radical (unpaired) electrons. The van der Waals surface area contributed by atoms with Gasteiger partial charge >= 0.3 is 0 Å². The fourth-order valence-corrected chi connectivity index (χ4v) is 5.16. The zero-order chi connectivity index (χ0) is 21.5. The lowest BCUT2D eigenvalue weighted by atomic mass is 10.2. The van der Waals surface area contributed by atoms with Crippen molar-refractivity contribution in [1.29, 1.82) is 0 Å². The molecular formula is C21H35IN8OS. The van der Waals surface area contributed by atoms with Gasteiger partial charge in [0.1, 0.15) is 12.1 Å². The summed E-state index contributed by atoms with van der Waals surface area (Å²) in [6.45, 7) is 5.65. The van der Waals surface area contributed by atoms with E-state index in [-0.39, 0.29) is 24.0 Å². The Balaban J connectivity index is 0.00000289. The number of halogens is 1. The maximum Gasteiger partial charge on any atom is 0.193 e. The van der Waals surface area contributed by atoms with Crippen LogP contribution in [0.15, 0.2) is 27.0 Å². The van der Waals surface area contributed by atoms with E-state index in [0.29, 0.717) is 6.04 Å². The molecule has 1 aliphatic carbocycles. The highest BCUT2D eigenvalue weighted by atomic mass is 127. The van der Waals surface area contributed by atoms with Gasteiger partial charge in [-0.3, -0.25) is 9.89 Å². The van der Waals surface area contributed by atoms with Gasteiger partial charge in [0.2, 0.25) is 0 Å². The second kappa shape index (κ2) is 12.8. The molecule has 178 valence electrons. The summed E-state index contributed by atoms with van der Waals surface area (Å²) >= 11 is 1.71. The highest BCUT2D eigenvalue weighted by molar-refractivity contribution is 14.0. The van der Waals surface area contributed by atoms with Gasteiger partial charge in [-0.2, -0.15) is 0 Å². The maximum absolute atomic E-state index is 4.94. The van der Waals surface area contributed by atoms with Gasteiger partial charge in [-0.25, -0.2) is 0 Å². The van der Waals surface area contributed by atoms with Crippen molar-refractivity contribution in [2.45, 2.75) is 56.3 Å². The molecule has 9 nitrogen and oxygen atoms in total. The highest BCUT2D eigenvalue weighted by Crippen LogP contribution is 2.33. The number of piperazine rings is 1. The number of aliphatic imine (C=N–C) groups is 1. The lowest BCUT2D eigenvalue weighted by Crippen LogP contribution is -2.52. The molecule has 1 saturated carbocycles. The molecule has 0 bridgehead atoms. The third-order valence-electron chi connectivity index (χ3n) is 6.23. The first kappa shape index (κ1) is 25.3. The molecule has 2 fully saturated rings. The van der Waals surface area contributed by atoms with Crippen LogP contribution in [0.25, 0.3) is 0 Å². The van der Waals surface area contributed by atoms with Crippen molar-refractivity contribution >= 4 is 41.7 Å². The Hall–Kier alpha value is -1.34. The summed E-state index contributed by atoms with van der Waals surface area (Å²) in [5, 5.41) is 17.6. The van der Waals surface area contributed by atoms with E-state index in [0.717, 1.165) is 74.7 Å². The third-order valence-corrected chi connectivity index (χ3v) is 6.87. The molecule has 2 aliphatic rings. The van der Waals surface area contributed by atoms with Crippen LogP contribution in [0.3, 0.4) is 0 Å². The van der Waals surface area contributed by atoms with E-state index >= 15 is 0 Å². The van der Waals surface area contributed by atoms with Gasteiger partial charge < -0.3 is 19.3 Å². The summed E-state index contributed by atoms with van der Waals surface area (Å²) in [5.41, 5.74) is 0.992. The summed E-state index contributed by atoms with van der Waals surface area (Å²) in [6, 6.07) is 2.52. The standard InChI is InChI=1S/C21H34N8OS.HI/c1-22-20(28-13-11-27(12-14-28)16-17-9-15-30-26-17)23-10-5-8-19-24-25-21(31-2)29(19)18-6-3-4-7-18;/h9,15,18H,3-8,10-14,16H2,1-2H3,(H,22,23);1H. The van der Waals surface area contributed by atoms with Crippen LogP contribution >= 0.6 is 35.7 Å². The fourth-order valence-electron chi connectivity index (χ4n) is 4.59. The van der Waals surface area contributed by atoms with E-state index < -0.39 is 0 Å². The number of hydrogen-bond acceptors (Lipinski definition) is 7. The minimum atomic E-state index is 0. The average molecular weight is 575 g/mol. The lowest BCUT2D eigenvalue weighted by molar-refractivity contribution is 0.169. The molecule has 0 amide bonds. The molecule has 11 heteroatoms. The van der Waals surface area contributed by atoms with Gasteiger partial charge in [0.05, 0.1) is 5.69 Å². The second-order valence-electron chi connectivity index (χ2n) is 8.24. The van der Waals surface area contributed by atoms with E-state index in [2.05, 4.69) is 46.3 Å². The van der Waals surface area contributed by atoms with Gasteiger partial charge in [-0.05, 0) is 25.5 Å². The minimum absolute atomic E-state index is 0. The Morgan fingerprint density at radius 3 is 2.66 bits per heavy atom. The van der Waals surface area contributed by atoms with Gasteiger partial charge in [0, 0.05) is 64.8 Å². The molecule has 2 aromatic heterocycles. The summed E-state index contributed by atoms with van der Waals surface area (Å²) < 4.78 is 7.34. The molecule has 1 N–H and O–H groups in total. The van der Waals surface area contributed by atoms with E-state index in [9.17, 15) is 0 Å². The van der Waals surface area contributed by atoms with Crippen LogP contribution in [0.1, 0.15) is 49.7 Å². The Bertz CT molecular complexity index is 829. The molecule has 0 spiro atoms. The van der Waals surface area contributed by atoms with Crippen molar-refractivity contribution in [2.75, 3.05) is 46.0 Å². The van der Waals surface area contributed by atoms with E-state index in [1.54, 1.807) is 18.0 Å². The Labute approximate surface area is 211 Å².